The summed E-state index contributed by atoms with van der Waals surface area (Å²) in [6, 6.07) is 2.99. The Bertz CT molecular complexity index is 596. The van der Waals surface area contributed by atoms with Crippen LogP contribution in [0.3, 0.4) is 0 Å². The predicted molar refractivity (Wildman–Crippen MR) is 81.0 cm³/mol. The van der Waals surface area contributed by atoms with Gasteiger partial charge in [-0.1, -0.05) is 18.5 Å². The fourth-order valence-corrected chi connectivity index (χ4v) is 2.84. The molecular weight excluding hydrogens is 276 g/mol. The van der Waals surface area contributed by atoms with Crippen LogP contribution in [0, 0.1) is 12.3 Å². The first-order valence-corrected chi connectivity index (χ1v) is 7.03. The van der Waals surface area contributed by atoms with Crippen molar-refractivity contribution in [2.75, 3.05) is 10.6 Å². The van der Waals surface area contributed by atoms with E-state index >= 15 is 0 Å². The van der Waals surface area contributed by atoms with Crippen molar-refractivity contribution in [3.8, 4) is 0 Å². The molecule has 5 heteroatoms. The van der Waals surface area contributed by atoms with Crippen molar-refractivity contribution in [1.29, 1.82) is 0 Å². The molecule has 0 bridgehead atoms. The van der Waals surface area contributed by atoms with E-state index in [1.165, 1.54) is 0 Å². The average Bonchev–Trinajstić information content (AvgIpc) is 2.57. The molecule has 1 aliphatic heterocycles. The van der Waals surface area contributed by atoms with Gasteiger partial charge >= 0.3 is 0 Å². The van der Waals surface area contributed by atoms with Crippen LogP contribution in [-0.2, 0) is 9.59 Å². The van der Waals surface area contributed by atoms with Gasteiger partial charge in [0.25, 0.3) is 0 Å². The van der Waals surface area contributed by atoms with Crippen LogP contribution in [0.25, 0.3) is 0 Å². The van der Waals surface area contributed by atoms with E-state index in [9.17, 15) is 9.59 Å². The van der Waals surface area contributed by atoms with Crippen molar-refractivity contribution in [3.05, 3.63) is 22.7 Å². The molecule has 2 N–H and O–H groups in total. The molecule has 4 nitrogen and oxygen atoms in total. The molecule has 0 saturated carbocycles. The maximum absolute atomic E-state index is 12.6. The van der Waals surface area contributed by atoms with E-state index in [4.69, 9.17) is 17.3 Å². The fourth-order valence-electron chi connectivity index (χ4n) is 2.68. The molecule has 1 fully saturated rings. The number of Topliss-reactive ketones (excluding diaryl/α,β-unsaturated/α-hetero) is 1. The summed E-state index contributed by atoms with van der Waals surface area (Å²) in [5.74, 6) is -0.226. The van der Waals surface area contributed by atoms with Gasteiger partial charge in [0.1, 0.15) is 5.41 Å². The minimum Gasteiger partial charge on any atom is -0.398 e. The molecule has 20 heavy (non-hydrogen) atoms. The van der Waals surface area contributed by atoms with Gasteiger partial charge in [0, 0.05) is 5.69 Å². The zero-order valence-corrected chi connectivity index (χ0v) is 12.9. The number of rotatable bonds is 2. The van der Waals surface area contributed by atoms with E-state index in [0.29, 0.717) is 22.8 Å². The standard InChI is InChI=1S/C15H19ClN2O2/c1-5-10-13(19)15(3,4)14(20)18(10)11-7-6-9(17)12(16)8(11)2/h6-7,10H,5,17H2,1-4H3. The monoisotopic (exact) mass is 294 g/mol. The third-order valence-corrected chi connectivity index (χ3v) is 4.52. The minimum atomic E-state index is -0.985. The second kappa shape index (κ2) is 4.77. The van der Waals surface area contributed by atoms with Gasteiger partial charge in [-0.05, 0) is 44.9 Å². The highest BCUT2D eigenvalue weighted by atomic mass is 35.5. The van der Waals surface area contributed by atoms with Gasteiger partial charge in [-0.2, -0.15) is 0 Å². The van der Waals surface area contributed by atoms with Crippen LogP contribution in [0.15, 0.2) is 12.1 Å². The number of carbonyl (C=O) groups excluding carboxylic acids is 2. The topological polar surface area (TPSA) is 63.4 Å². The van der Waals surface area contributed by atoms with E-state index in [1.807, 2.05) is 13.8 Å². The molecule has 0 radical (unpaired) electrons. The number of nitrogens with two attached hydrogens (primary N) is 1. The zero-order chi connectivity index (χ0) is 15.2. The second-order valence-corrected chi connectivity index (χ2v) is 6.08. The molecule has 1 aromatic carbocycles. The molecule has 0 spiro atoms. The second-order valence-electron chi connectivity index (χ2n) is 5.70. The highest BCUT2D eigenvalue weighted by molar-refractivity contribution is 6.34. The molecule has 1 heterocycles. The van der Waals surface area contributed by atoms with Gasteiger partial charge in [-0.3, -0.25) is 9.59 Å². The average molecular weight is 295 g/mol. The Kier molecular flexibility index (Phi) is 3.54. The quantitative estimate of drug-likeness (QED) is 0.674. The lowest BCUT2D eigenvalue weighted by atomic mass is 9.88. The molecule has 1 saturated heterocycles. The normalized spacial score (nSPS) is 21.6. The maximum Gasteiger partial charge on any atom is 0.240 e. The predicted octanol–water partition coefficient (Wildman–Crippen LogP) is 2.95. The van der Waals surface area contributed by atoms with Crippen LogP contribution in [-0.4, -0.2) is 17.7 Å². The molecule has 1 atom stereocenters. The van der Waals surface area contributed by atoms with Crippen molar-refractivity contribution >= 4 is 34.7 Å². The van der Waals surface area contributed by atoms with E-state index in [0.717, 1.165) is 5.56 Å². The van der Waals surface area contributed by atoms with E-state index in [2.05, 4.69) is 0 Å². The van der Waals surface area contributed by atoms with Crippen LogP contribution in [0.1, 0.15) is 32.8 Å². The Hall–Kier alpha value is -1.55. The van der Waals surface area contributed by atoms with Crippen LogP contribution >= 0.6 is 11.6 Å². The Morgan fingerprint density at radius 2 is 1.95 bits per heavy atom. The minimum absolute atomic E-state index is 0.0441. The first-order valence-electron chi connectivity index (χ1n) is 6.66. The van der Waals surface area contributed by atoms with Crippen molar-refractivity contribution in [2.24, 2.45) is 5.41 Å². The van der Waals surface area contributed by atoms with Crippen molar-refractivity contribution in [1.82, 2.24) is 0 Å². The molecule has 108 valence electrons. The maximum atomic E-state index is 12.6. The SMILES string of the molecule is CCC1C(=O)C(C)(C)C(=O)N1c1ccc(N)c(Cl)c1C. The van der Waals surface area contributed by atoms with Gasteiger partial charge in [0.05, 0.1) is 16.8 Å². The van der Waals surface area contributed by atoms with Crippen molar-refractivity contribution < 1.29 is 9.59 Å². The molecule has 1 aliphatic rings. The number of carbonyl (C=O) groups is 2. The van der Waals surface area contributed by atoms with Gasteiger partial charge in [-0.15, -0.1) is 0 Å². The number of amides is 1. The lowest BCUT2D eigenvalue weighted by Gasteiger charge is -2.25. The summed E-state index contributed by atoms with van der Waals surface area (Å²) in [6.45, 7) is 7.06. The summed E-state index contributed by atoms with van der Waals surface area (Å²) in [4.78, 5) is 26.6. The molecule has 2 rings (SSSR count). The number of ketones is 1. The van der Waals surface area contributed by atoms with Crippen LogP contribution in [0.4, 0.5) is 11.4 Å². The number of nitrogens with zero attached hydrogens (tertiary/aromatic N) is 1. The molecule has 1 aromatic rings. The fraction of sp³-hybridized carbons (Fsp3) is 0.467. The Morgan fingerprint density at radius 1 is 1.35 bits per heavy atom. The van der Waals surface area contributed by atoms with Crippen LogP contribution in [0.5, 0.6) is 0 Å². The number of halogens is 1. The molecule has 0 aliphatic carbocycles. The van der Waals surface area contributed by atoms with E-state index in [-0.39, 0.29) is 11.7 Å². The molecule has 1 amide bonds. The summed E-state index contributed by atoms with van der Waals surface area (Å²) in [6.07, 6.45) is 0.579. The Morgan fingerprint density at radius 3 is 2.50 bits per heavy atom. The summed E-state index contributed by atoms with van der Waals surface area (Å²) >= 11 is 6.16. The summed E-state index contributed by atoms with van der Waals surface area (Å²) in [5, 5.41) is 0.433. The summed E-state index contributed by atoms with van der Waals surface area (Å²) in [7, 11) is 0. The lowest BCUT2D eigenvalue weighted by Crippen LogP contribution is -2.36. The number of hydrogen-bond acceptors (Lipinski definition) is 3. The smallest absolute Gasteiger partial charge is 0.240 e. The number of hydrogen-bond donors (Lipinski definition) is 1. The number of benzene rings is 1. The highest BCUT2D eigenvalue weighted by Crippen LogP contribution is 2.40. The molecule has 0 aromatic heterocycles. The number of nitrogen functional groups attached to an aromatic ring is 1. The van der Waals surface area contributed by atoms with Crippen molar-refractivity contribution in [3.63, 3.8) is 0 Å². The molecular formula is C15H19ClN2O2. The first-order chi connectivity index (χ1) is 9.23. The van der Waals surface area contributed by atoms with Gasteiger partial charge in [-0.25, -0.2) is 0 Å². The van der Waals surface area contributed by atoms with Gasteiger partial charge < -0.3 is 10.6 Å². The Balaban J connectivity index is 2.60. The van der Waals surface area contributed by atoms with Crippen LogP contribution in [0.2, 0.25) is 5.02 Å². The van der Waals surface area contributed by atoms with Gasteiger partial charge in [0.2, 0.25) is 5.91 Å². The summed E-state index contributed by atoms with van der Waals surface area (Å²) < 4.78 is 0. The van der Waals surface area contributed by atoms with Crippen molar-refractivity contribution in [2.45, 2.75) is 40.2 Å². The number of anilines is 2. The third kappa shape index (κ3) is 1.90. The zero-order valence-electron chi connectivity index (χ0n) is 12.2. The third-order valence-electron chi connectivity index (χ3n) is 4.02. The Labute approximate surface area is 123 Å². The van der Waals surface area contributed by atoms with Crippen LogP contribution < -0.4 is 10.6 Å². The van der Waals surface area contributed by atoms with E-state index < -0.39 is 11.5 Å². The van der Waals surface area contributed by atoms with Gasteiger partial charge in [0.15, 0.2) is 5.78 Å². The lowest BCUT2D eigenvalue weighted by molar-refractivity contribution is -0.132. The first kappa shape index (κ1) is 14.9. The largest absolute Gasteiger partial charge is 0.398 e. The highest BCUT2D eigenvalue weighted by Gasteiger charge is 2.53. The molecule has 1 unspecified atom stereocenters. The van der Waals surface area contributed by atoms with E-state index in [1.54, 1.807) is 30.9 Å². The summed E-state index contributed by atoms with van der Waals surface area (Å²) in [5.41, 5.74) is 6.65.